The van der Waals surface area contributed by atoms with Crippen LogP contribution in [0.3, 0.4) is 0 Å². The highest BCUT2D eigenvalue weighted by Gasteiger charge is 2.14. The molecule has 0 fully saturated rings. The van der Waals surface area contributed by atoms with Crippen LogP contribution in [0.15, 0.2) is 47.8 Å². The molecule has 1 aromatic heterocycles. The fourth-order valence-electron chi connectivity index (χ4n) is 2.25. The molecule has 0 aliphatic heterocycles. The van der Waals surface area contributed by atoms with E-state index in [4.69, 9.17) is 9.47 Å². The second kappa shape index (κ2) is 8.57. The average Bonchev–Trinajstić information content (AvgIpc) is 3.15. The van der Waals surface area contributed by atoms with Gasteiger partial charge < -0.3 is 9.47 Å². The lowest BCUT2D eigenvalue weighted by Crippen LogP contribution is -2.20. The van der Waals surface area contributed by atoms with Gasteiger partial charge in [0.25, 0.3) is 5.91 Å². The van der Waals surface area contributed by atoms with Crippen LogP contribution in [-0.4, -0.2) is 30.6 Å². The van der Waals surface area contributed by atoms with Gasteiger partial charge in [-0.2, -0.15) is 0 Å². The van der Waals surface area contributed by atoms with Crippen molar-refractivity contribution in [3.05, 3.63) is 65.0 Å². The average molecular weight is 404 g/mol. The van der Waals surface area contributed by atoms with Crippen LogP contribution in [0.25, 0.3) is 11.3 Å². The fraction of sp³-hybridized carbons (Fsp3) is 0.105. The molecule has 0 saturated heterocycles. The van der Waals surface area contributed by atoms with E-state index < -0.39 is 24.3 Å². The van der Waals surface area contributed by atoms with Crippen molar-refractivity contribution in [2.24, 2.45) is 0 Å². The minimum Gasteiger partial charge on any atom is -0.494 e. The van der Waals surface area contributed by atoms with Crippen molar-refractivity contribution < 1.29 is 27.8 Å². The maximum atomic E-state index is 13.6. The number of hydrogen-bond donors (Lipinski definition) is 1. The lowest BCUT2D eigenvalue weighted by atomic mass is 10.2. The number of aromatic nitrogens is 1. The molecular weight excluding hydrogens is 390 g/mol. The van der Waals surface area contributed by atoms with Crippen LogP contribution < -0.4 is 10.1 Å². The molecular formula is C19H14F2N2O4S. The smallest absolute Gasteiger partial charge is 0.338 e. The summed E-state index contributed by atoms with van der Waals surface area (Å²) in [4.78, 5) is 28.1. The Balaban J connectivity index is 1.55. The van der Waals surface area contributed by atoms with Gasteiger partial charge in [0.1, 0.15) is 5.82 Å². The van der Waals surface area contributed by atoms with Crippen molar-refractivity contribution >= 4 is 28.3 Å². The molecule has 0 bridgehead atoms. The molecule has 0 radical (unpaired) electrons. The number of anilines is 1. The highest BCUT2D eigenvalue weighted by atomic mass is 32.1. The Hall–Kier alpha value is -3.33. The van der Waals surface area contributed by atoms with Gasteiger partial charge in [-0.05, 0) is 42.5 Å². The summed E-state index contributed by atoms with van der Waals surface area (Å²) < 4.78 is 36.2. The van der Waals surface area contributed by atoms with Gasteiger partial charge in [0.2, 0.25) is 0 Å². The molecule has 0 spiro atoms. The quantitative estimate of drug-likeness (QED) is 0.631. The third kappa shape index (κ3) is 4.68. The van der Waals surface area contributed by atoms with Crippen molar-refractivity contribution in [2.45, 2.75) is 0 Å². The number of rotatable bonds is 6. The van der Waals surface area contributed by atoms with Gasteiger partial charge in [0, 0.05) is 10.9 Å². The molecule has 2 aromatic carbocycles. The Morgan fingerprint density at radius 2 is 1.89 bits per heavy atom. The molecule has 28 heavy (non-hydrogen) atoms. The van der Waals surface area contributed by atoms with Crippen LogP contribution >= 0.6 is 11.3 Å². The molecule has 3 rings (SSSR count). The van der Waals surface area contributed by atoms with Crippen LogP contribution in [0.2, 0.25) is 0 Å². The van der Waals surface area contributed by atoms with Gasteiger partial charge in [-0.15, -0.1) is 11.3 Å². The molecule has 9 heteroatoms. The summed E-state index contributed by atoms with van der Waals surface area (Å²) in [5.41, 5.74) is 1.23. The van der Waals surface area contributed by atoms with Crippen molar-refractivity contribution in [3.63, 3.8) is 0 Å². The van der Waals surface area contributed by atoms with Crippen molar-refractivity contribution in [3.8, 4) is 17.0 Å². The van der Waals surface area contributed by atoms with Gasteiger partial charge in [-0.3, -0.25) is 10.1 Å². The lowest BCUT2D eigenvalue weighted by molar-refractivity contribution is -0.119. The third-order valence-corrected chi connectivity index (χ3v) is 4.37. The summed E-state index contributed by atoms with van der Waals surface area (Å²) in [5, 5.41) is 4.51. The largest absolute Gasteiger partial charge is 0.494 e. The zero-order chi connectivity index (χ0) is 20.1. The first-order valence-electron chi connectivity index (χ1n) is 7.98. The Morgan fingerprint density at radius 3 is 2.57 bits per heavy atom. The molecule has 1 amide bonds. The predicted octanol–water partition coefficient (Wildman–Crippen LogP) is 3.89. The standard InChI is InChI=1S/C19H14F2N2O4S/c1-26-16-7-4-12(8-14(16)21)18(25)27-9-17(24)23-19-22-15(10-28-19)11-2-5-13(20)6-3-11/h2-8,10H,9H2,1H3,(H,22,23,24). The first kappa shape index (κ1) is 19.4. The Labute approximate surface area is 162 Å². The number of benzene rings is 2. The molecule has 0 unspecified atom stereocenters. The van der Waals surface area contributed by atoms with Crippen molar-refractivity contribution in [1.29, 1.82) is 0 Å². The SMILES string of the molecule is COc1ccc(C(=O)OCC(=O)Nc2nc(-c3ccc(F)cc3)cs2)cc1F. The van der Waals surface area contributed by atoms with Crippen LogP contribution in [0.5, 0.6) is 5.75 Å². The highest BCUT2D eigenvalue weighted by molar-refractivity contribution is 7.14. The molecule has 0 saturated carbocycles. The molecule has 144 valence electrons. The Kier molecular flexibility index (Phi) is 5.95. The van der Waals surface area contributed by atoms with Crippen molar-refractivity contribution in [2.75, 3.05) is 19.0 Å². The maximum absolute atomic E-state index is 13.6. The molecule has 3 aromatic rings. The van der Waals surface area contributed by atoms with E-state index in [1.165, 1.54) is 42.7 Å². The number of ether oxygens (including phenoxy) is 2. The summed E-state index contributed by atoms with van der Waals surface area (Å²) in [6, 6.07) is 9.37. The van der Waals surface area contributed by atoms with E-state index in [1.807, 2.05) is 0 Å². The number of halogens is 2. The zero-order valence-electron chi connectivity index (χ0n) is 14.6. The number of hydrogen-bond acceptors (Lipinski definition) is 6. The van der Waals surface area contributed by atoms with Gasteiger partial charge in [0.05, 0.1) is 18.4 Å². The first-order chi connectivity index (χ1) is 13.5. The lowest BCUT2D eigenvalue weighted by Gasteiger charge is -2.06. The number of esters is 1. The first-order valence-corrected chi connectivity index (χ1v) is 8.86. The van der Waals surface area contributed by atoms with Crippen LogP contribution in [0, 0.1) is 11.6 Å². The summed E-state index contributed by atoms with van der Waals surface area (Å²) >= 11 is 1.17. The monoisotopic (exact) mass is 404 g/mol. The van der Waals surface area contributed by atoms with Crippen LogP contribution in [-0.2, 0) is 9.53 Å². The summed E-state index contributed by atoms with van der Waals surface area (Å²) in [6.07, 6.45) is 0. The molecule has 0 aliphatic carbocycles. The van der Waals surface area contributed by atoms with E-state index in [1.54, 1.807) is 17.5 Å². The van der Waals surface area contributed by atoms with E-state index in [0.29, 0.717) is 16.4 Å². The summed E-state index contributed by atoms with van der Waals surface area (Å²) in [5.74, 6) is -2.51. The van der Waals surface area contributed by atoms with Crippen LogP contribution in [0.1, 0.15) is 10.4 Å². The second-order valence-electron chi connectivity index (χ2n) is 5.52. The highest BCUT2D eigenvalue weighted by Crippen LogP contribution is 2.25. The van der Waals surface area contributed by atoms with Gasteiger partial charge in [-0.1, -0.05) is 0 Å². The number of thiazole rings is 1. The normalized spacial score (nSPS) is 10.4. The number of methoxy groups -OCH3 is 1. The number of nitrogens with one attached hydrogen (secondary N) is 1. The maximum Gasteiger partial charge on any atom is 0.338 e. The van der Waals surface area contributed by atoms with Gasteiger partial charge in [-0.25, -0.2) is 18.6 Å². The van der Waals surface area contributed by atoms with Crippen LogP contribution in [0.4, 0.5) is 13.9 Å². The summed E-state index contributed by atoms with van der Waals surface area (Å²) in [7, 11) is 1.31. The zero-order valence-corrected chi connectivity index (χ0v) is 15.4. The predicted molar refractivity (Wildman–Crippen MR) is 99.4 cm³/mol. The Bertz CT molecular complexity index is 1010. The minimum absolute atomic E-state index is 0.00461. The molecule has 0 atom stereocenters. The van der Waals surface area contributed by atoms with E-state index in [2.05, 4.69) is 10.3 Å². The van der Waals surface area contributed by atoms with Gasteiger partial charge >= 0.3 is 5.97 Å². The molecule has 1 heterocycles. The number of nitrogens with zero attached hydrogens (tertiary/aromatic N) is 1. The Morgan fingerprint density at radius 1 is 1.14 bits per heavy atom. The molecule has 6 nitrogen and oxygen atoms in total. The number of carbonyl (C=O) groups is 2. The van der Waals surface area contributed by atoms with Crippen molar-refractivity contribution in [1.82, 2.24) is 4.98 Å². The van der Waals surface area contributed by atoms with E-state index in [-0.39, 0.29) is 17.1 Å². The summed E-state index contributed by atoms with van der Waals surface area (Å²) in [6.45, 7) is -0.558. The fourth-order valence-corrected chi connectivity index (χ4v) is 2.98. The topological polar surface area (TPSA) is 77.5 Å². The van der Waals surface area contributed by atoms with E-state index in [9.17, 15) is 18.4 Å². The molecule has 1 N–H and O–H groups in total. The third-order valence-electron chi connectivity index (χ3n) is 3.61. The molecule has 0 aliphatic rings. The van der Waals surface area contributed by atoms with E-state index >= 15 is 0 Å². The second-order valence-corrected chi connectivity index (χ2v) is 6.38. The minimum atomic E-state index is -0.845. The van der Waals surface area contributed by atoms with Gasteiger partial charge in [0.15, 0.2) is 23.3 Å². The van der Waals surface area contributed by atoms with E-state index in [0.717, 1.165) is 6.07 Å². The number of amides is 1. The number of carbonyl (C=O) groups excluding carboxylic acids is 2.